The van der Waals surface area contributed by atoms with Gasteiger partial charge in [0.15, 0.2) is 0 Å². The molecular weight excluding hydrogens is 176 g/mol. The molecule has 0 amide bonds. The van der Waals surface area contributed by atoms with Crippen molar-refractivity contribution < 1.29 is 9.47 Å². The lowest BCUT2D eigenvalue weighted by Crippen LogP contribution is -2.46. The third-order valence-electron chi connectivity index (χ3n) is 3.41. The van der Waals surface area contributed by atoms with Crippen LogP contribution in [0.15, 0.2) is 12.2 Å². The third-order valence-corrected chi connectivity index (χ3v) is 3.41. The van der Waals surface area contributed by atoms with E-state index in [1.807, 2.05) is 0 Å². The molecule has 1 unspecified atom stereocenters. The fourth-order valence-corrected chi connectivity index (χ4v) is 1.99. The molecule has 0 aromatic rings. The van der Waals surface area contributed by atoms with Crippen LogP contribution in [0, 0.1) is 5.41 Å². The molecule has 14 heavy (non-hydrogen) atoms. The summed E-state index contributed by atoms with van der Waals surface area (Å²) in [6.07, 6.45) is 9.60. The Labute approximate surface area is 86.3 Å². The summed E-state index contributed by atoms with van der Waals surface area (Å²) in [5.41, 5.74) is 0.348. The van der Waals surface area contributed by atoms with Crippen LogP contribution in [0.3, 0.4) is 0 Å². The molecule has 1 saturated heterocycles. The molecule has 1 fully saturated rings. The van der Waals surface area contributed by atoms with Crippen LogP contribution < -0.4 is 0 Å². The molecule has 1 aliphatic heterocycles. The van der Waals surface area contributed by atoms with Crippen molar-refractivity contribution in [2.24, 2.45) is 5.41 Å². The Balaban J connectivity index is 1.73. The standard InChI is InChI=1S/C12H20O2/c1-2-12(8-13-9-12)10-14-11-6-4-3-5-7-11/h3-4,11H,2,5-10H2,1H3. The highest BCUT2D eigenvalue weighted by Crippen LogP contribution is 2.32. The predicted molar refractivity (Wildman–Crippen MR) is 56.3 cm³/mol. The first kappa shape index (κ1) is 10.2. The molecule has 0 aromatic carbocycles. The average Bonchev–Trinajstić information content (AvgIpc) is 2.19. The highest BCUT2D eigenvalue weighted by atomic mass is 16.5. The van der Waals surface area contributed by atoms with Crippen molar-refractivity contribution >= 4 is 0 Å². The molecule has 0 spiro atoms. The quantitative estimate of drug-likeness (QED) is 0.643. The van der Waals surface area contributed by atoms with E-state index in [1.165, 1.54) is 19.3 Å². The van der Waals surface area contributed by atoms with Crippen molar-refractivity contribution in [2.45, 2.75) is 38.7 Å². The van der Waals surface area contributed by atoms with Crippen molar-refractivity contribution in [1.82, 2.24) is 0 Å². The van der Waals surface area contributed by atoms with Gasteiger partial charge in [-0.2, -0.15) is 0 Å². The minimum absolute atomic E-state index is 0.348. The maximum atomic E-state index is 5.95. The Morgan fingerprint density at radius 1 is 1.43 bits per heavy atom. The van der Waals surface area contributed by atoms with Crippen molar-refractivity contribution in [3.05, 3.63) is 12.2 Å². The van der Waals surface area contributed by atoms with Crippen LogP contribution in [0.25, 0.3) is 0 Å². The van der Waals surface area contributed by atoms with Crippen LogP contribution in [0.1, 0.15) is 32.6 Å². The molecule has 0 aromatic heterocycles. The molecule has 0 bridgehead atoms. The zero-order valence-corrected chi connectivity index (χ0v) is 9.00. The van der Waals surface area contributed by atoms with E-state index in [4.69, 9.17) is 9.47 Å². The fraction of sp³-hybridized carbons (Fsp3) is 0.833. The second kappa shape index (κ2) is 4.45. The van der Waals surface area contributed by atoms with Gasteiger partial charge in [0.05, 0.1) is 25.9 Å². The lowest BCUT2D eigenvalue weighted by molar-refractivity contribution is -0.160. The van der Waals surface area contributed by atoms with Crippen LogP contribution in [0.5, 0.6) is 0 Å². The van der Waals surface area contributed by atoms with Gasteiger partial charge in [-0.25, -0.2) is 0 Å². The van der Waals surface area contributed by atoms with Gasteiger partial charge in [-0.05, 0) is 25.7 Å². The molecule has 1 heterocycles. The summed E-state index contributed by atoms with van der Waals surface area (Å²) in [6.45, 7) is 4.91. The summed E-state index contributed by atoms with van der Waals surface area (Å²) in [5.74, 6) is 0. The van der Waals surface area contributed by atoms with E-state index in [-0.39, 0.29) is 0 Å². The monoisotopic (exact) mass is 196 g/mol. The fourth-order valence-electron chi connectivity index (χ4n) is 1.99. The summed E-state index contributed by atoms with van der Waals surface area (Å²) in [4.78, 5) is 0. The third kappa shape index (κ3) is 2.18. The molecule has 0 N–H and O–H groups in total. The van der Waals surface area contributed by atoms with Gasteiger partial charge in [0.1, 0.15) is 0 Å². The van der Waals surface area contributed by atoms with Crippen molar-refractivity contribution in [1.29, 1.82) is 0 Å². The lowest BCUT2D eigenvalue weighted by atomic mass is 9.84. The predicted octanol–water partition coefficient (Wildman–Crippen LogP) is 2.54. The maximum absolute atomic E-state index is 5.95. The number of hydrogen-bond acceptors (Lipinski definition) is 2. The molecule has 1 aliphatic carbocycles. The van der Waals surface area contributed by atoms with Gasteiger partial charge in [0.2, 0.25) is 0 Å². The Hall–Kier alpha value is -0.340. The summed E-state index contributed by atoms with van der Waals surface area (Å²) in [5, 5.41) is 0. The Morgan fingerprint density at radius 2 is 2.29 bits per heavy atom. The minimum Gasteiger partial charge on any atom is -0.380 e. The summed E-state index contributed by atoms with van der Waals surface area (Å²) in [6, 6.07) is 0. The summed E-state index contributed by atoms with van der Waals surface area (Å²) >= 11 is 0. The van der Waals surface area contributed by atoms with E-state index in [0.29, 0.717) is 11.5 Å². The molecule has 0 radical (unpaired) electrons. The molecule has 2 heteroatoms. The number of ether oxygens (including phenoxy) is 2. The van der Waals surface area contributed by atoms with Crippen molar-refractivity contribution in [3.63, 3.8) is 0 Å². The van der Waals surface area contributed by atoms with Gasteiger partial charge in [-0.3, -0.25) is 0 Å². The van der Waals surface area contributed by atoms with Crippen molar-refractivity contribution in [3.8, 4) is 0 Å². The first-order valence-electron chi connectivity index (χ1n) is 5.69. The maximum Gasteiger partial charge on any atom is 0.0612 e. The van der Waals surface area contributed by atoms with Crippen molar-refractivity contribution in [2.75, 3.05) is 19.8 Å². The normalized spacial score (nSPS) is 29.9. The van der Waals surface area contributed by atoms with Crippen LogP contribution in [-0.2, 0) is 9.47 Å². The molecular formula is C12H20O2. The lowest BCUT2D eigenvalue weighted by Gasteiger charge is -2.41. The van der Waals surface area contributed by atoms with Crippen LogP contribution in [-0.4, -0.2) is 25.9 Å². The first-order chi connectivity index (χ1) is 6.85. The van der Waals surface area contributed by atoms with E-state index in [0.717, 1.165) is 26.2 Å². The summed E-state index contributed by atoms with van der Waals surface area (Å²) < 4.78 is 11.2. The smallest absolute Gasteiger partial charge is 0.0612 e. The van der Waals surface area contributed by atoms with Gasteiger partial charge in [0.25, 0.3) is 0 Å². The van der Waals surface area contributed by atoms with E-state index >= 15 is 0 Å². The van der Waals surface area contributed by atoms with E-state index in [2.05, 4.69) is 19.1 Å². The molecule has 1 atom stereocenters. The van der Waals surface area contributed by atoms with Gasteiger partial charge in [-0.1, -0.05) is 19.1 Å². The highest BCUT2D eigenvalue weighted by Gasteiger charge is 2.37. The van der Waals surface area contributed by atoms with Crippen LogP contribution in [0.2, 0.25) is 0 Å². The summed E-state index contributed by atoms with van der Waals surface area (Å²) in [7, 11) is 0. The van der Waals surface area contributed by atoms with Gasteiger partial charge in [0, 0.05) is 5.41 Å². The highest BCUT2D eigenvalue weighted by molar-refractivity contribution is 4.91. The number of hydrogen-bond donors (Lipinski definition) is 0. The molecule has 2 nitrogen and oxygen atoms in total. The number of rotatable bonds is 4. The second-order valence-corrected chi connectivity index (χ2v) is 4.56. The Kier molecular flexibility index (Phi) is 3.24. The largest absolute Gasteiger partial charge is 0.380 e. The van der Waals surface area contributed by atoms with E-state index < -0.39 is 0 Å². The van der Waals surface area contributed by atoms with Crippen LogP contribution in [0.4, 0.5) is 0 Å². The SMILES string of the molecule is CCC1(COC2CC=CCC2)COC1. The average molecular weight is 196 g/mol. The van der Waals surface area contributed by atoms with Crippen LogP contribution >= 0.6 is 0 Å². The van der Waals surface area contributed by atoms with E-state index in [9.17, 15) is 0 Å². The Morgan fingerprint density at radius 3 is 2.79 bits per heavy atom. The van der Waals surface area contributed by atoms with Gasteiger partial charge < -0.3 is 9.47 Å². The Bertz CT molecular complexity index is 201. The first-order valence-corrected chi connectivity index (χ1v) is 5.69. The topological polar surface area (TPSA) is 18.5 Å². The van der Waals surface area contributed by atoms with Gasteiger partial charge in [-0.15, -0.1) is 0 Å². The number of allylic oxidation sites excluding steroid dienone is 1. The molecule has 2 aliphatic rings. The van der Waals surface area contributed by atoms with E-state index in [1.54, 1.807) is 0 Å². The minimum atomic E-state index is 0.348. The molecule has 0 saturated carbocycles. The van der Waals surface area contributed by atoms with Gasteiger partial charge >= 0.3 is 0 Å². The molecule has 80 valence electrons. The zero-order chi connectivity index (χ0) is 9.86. The zero-order valence-electron chi connectivity index (χ0n) is 9.00. The second-order valence-electron chi connectivity index (χ2n) is 4.56. The molecule has 2 rings (SSSR count).